The number of pyridine rings is 1. The Morgan fingerprint density at radius 2 is 1.96 bits per heavy atom. The normalized spacial score (nSPS) is 17.2. The van der Waals surface area contributed by atoms with Crippen LogP contribution in [-0.4, -0.2) is 40.9 Å². The van der Waals surface area contributed by atoms with Gasteiger partial charge in [0.1, 0.15) is 16.9 Å². The van der Waals surface area contributed by atoms with Crippen molar-refractivity contribution in [3.63, 3.8) is 0 Å². The fourth-order valence-corrected chi connectivity index (χ4v) is 3.51. The minimum Gasteiger partial charge on any atom is -0.365 e. The molecule has 1 aliphatic carbocycles. The van der Waals surface area contributed by atoms with Gasteiger partial charge < -0.3 is 9.80 Å². The summed E-state index contributed by atoms with van der Waals surface area (Å²) in [5.41, 5.74) is 1.04. The summed E-state index contributed by atoms with van der Waals surface area (Å²) in [6.45, 7) is 3.44. The highest BCUT2D eigenvalue weighted by molar-refractivity contribution is 6.33. The minimum atomic E-state index is -0.213. The maximum absolute atomic E-state index is 12.5. The lowest BCUT2D eigenvalue weighted by molar-refractivity contribution is 0.531. The van der Waals surface area contributed by atoms with Crippen molar-refractivity contribution in [1.82, 2.24) is 14.8 Å². The number of aromatic nitrogens is 3. The lowest BCUT2D eigenvalue weighted by Gasteiger charge is -2.37. The van der Waals surface area contributed by atoms with Gasteiger partial charge >= 0.3 is 0 Å². The molecule has 8 heteroatoms. The Morgan fingerprint density at radius 1 is 1.23 bits per heavy atom. The molecular weight excluding hydrogens is 352 g/mol. The molecule has 1 saturated carbocycles. The van der Waals surface area contributed by atoms with Crippen molar-refractivity contribution in [3.8, 4) is 6.07 Å². The Hall–Kier alpha value is -2.59. The van der Waals surface area contributed by atoms with Crippen molar-refractivity contribution in [2.75, 3.05) is 36.0 Å². The van der Waals surface area contributed by atoms with Gasteiger partial charge in [-0.1, -0.05) is 11.6 Å². The van der Waals surface area contributed by atoms with E-state index in [4.69, 9.17) is 11.6 Å². The Kier molecular flexibility index (Phi) is 4.51. The van der Waals surface area contributed by atoms with E-state index in [0.717, 1.165) is 12.8 Å². The van der Waals surface area contributed by atoms with Gasteiger partial charge in [-0.3, -0.25) is 4.79 Å². The lowest BCUT2D eigenvalue weighted by Crippen LogP contribution is -2.47. The molecular formula is C18H19ClN6O. The van der Waals surface area contributed by atoms with Crippen LogP contribution in [0.2, 0.25) is 5.02 Å². The second-order valence-electron chi connectivity index (χ2n) is 6.73. The van der Waals surface area contributed by atoms with Crippen LogP contribution in [0.15, 0.2) is 29.3 Å². The summed E-state index contributed by atoms with van der Waals surface area (Å²) in [6, 6.07) is 5.72. The van der Waals surface area contributed by atoms with Crippen LogP contribution in [-0.2, 0) is 6.54 Å². The number of hydrogen-bond donors (Lipinski definition) is 0. The molecule has 2 aromatic heterocycles. The van der Waals surface area contributed by atoms with E-state index >= 15 is 0 Å². The predicted molar refractivity (Wildman–Crippen MR) is 99.6 cm³/mol. The van der Waals surface area contributed by atoms with Crippen molar-refractivity contribution in [3.05, 3.63) is 45.5 Å². The zero-order valence-electron chi connectivity index (χ0n) is 14.3. The monoisotopic (exact) mass is 370 g/mol. The molecule has 0 radical (unpaired) electrons. The van der Waals surface area contributed by atoms with E-state index in [2.05, 4.69) is 26.0 Å². The third-order valence-corrected chi connectivity index (χ3v) is 5.28. The summed E-state index contributed by atoms with van der Waals surface area (Å²) in [6.07, 6.45) is 5.72. The van der Waals surface area contributed by atoms with Gasteiger partial charge in [-0.2, -0.15) is 10.4 Å². The van der Waals surface area contributed by atoms with E-state index in [1.807, 2.05) is 0 Å². The number of piperazine rings is 1. The van der Waals surface area contributed by atoms with Crippen molar-refractivity contribution in [2.45, 2.75) is 19.4 Å². The van der Waals surface area contributed by atoms with E-state index in [1.54, 1.807) is 24.5 Å². The SMILES string of the molecule is N#Cc1cccnc1N1CCN(c2cnn(CC3CC3)c(=O)c2Cl)CC1. The van der Waals surface area contributed by atoms with Crippen molar-refractivity contribution < 1.29 is 0 Å². The highest BCUT2D eigenvalue weighted by Gasteiger charge is 2.26. The van der Waals surface area contributed by atoms with Crippen LogP contribution in [0.5, 0.6) is 0 Å². The van der Waals surface area contributed by atoms with Crippen LogP contribution in [0, 0.1) is 17.2 Å². The first-order valence-electron chi connectivity index (χ1n) is 8.78. The van der Waals surface area contributed by atoms with Gasteiger partial charge in [0.25, 0.3) is 5.56 Å². The first kappa shape index (κ1) is 16.9. The summed E-state index contributed by atoms with van der Waals surface area (Å²) in [5, 5.41) is 13.8. The average molecular weight is 371 g/mol. The Morgan fingerprint density at radius 3 is 2.65 bits per heavy atom. The average Bonchev–Trinajstić information content (AvgIpc) is 3.50. The maximum Gasteiger partial charge on any atom is 0.287 e. The number of rotatable bonds is 4. The standard InChI is InChI=1S/C18H19ClN6O/c19-16-15(11-22-25(18(16)26)12-13-3-4-13)23-6-8-24(9-7-23)17-14(10-20)2-1-5-21-17/h1-2,5,11,13H,3-4,6-9,12H2. The van der Waals surface area contributed by atoms with Crippen LogP contribution in [0.3, 0.4) is 0 Å². The van der Waals surface area contributed by atoms with Crippen molar-refractivity contribution in [1.29, 1.82) is 5.26 Å². The minimum absolute atomic E-state index is 0.213. The van der Waals surface area contributed by atoms with Gasteiger partial charge in [0.05, 0.1) is 17.4 Å². The molecule has 1 saturated heterocycles. The van der Waals surface area contributed by atoms with Gasteiger partial charge in [-0.05, 0) is 30.9 Å². The van der Waals surface area contributed by atoms with E-state index in [-0.39, 0.29) is 10.6 Å². The molecule has 0 amide bonds. The zero-order valence-corrected chi connectivity index (χ0v) is 15.1. The largest absolute Gasteiger partial charge is 0.365 e. The Labute approximate surface area is 156 Å². The van der Waals surface area contributed by atoms with E-state index in [9.17, 15) is 10.1 Å². The molecule has 0 unspecified atom stereocenters. The molecule has 0 spiro atoms. The smallest absolute Gasteiger partial charge is 0.287 e. The number of hydrogen-bond acceptors (Lipinski definition) is 6. The third kappa shape index (κ3) is 3.25. The summed E-state index contributed by atoms with van der Waals surface area (Å²) in [5.74, 6) is 1.28. The molecule has 0 bridgehead atoms. The van der Waals surface area contributed by atoms with Crippen LogP contribution < -0.4 is 15.4 Å². The highest BCUT2D eigenvalue weighted by Crippen LogP contribution is 2.30. The Balaban J connectivity index is 1.49. The number of nitriles is 1. The lowest BCUT2D eigenvalue weighted by atomic mass is 10.2. The molecule has 0 N–H and O–H groups in total. The summed E-state index contributed by atoms with van der Waals surface area (Å²) in [7, 11) is 0. The first-order valence-corrected chi connectivity index (χ1v) is 9.16. The quantitative estimate of drug-likeness (QED) is 0.818. The van der Waals surface area contributed by atoms with Gasteiger partial charge in [0.2, 0.25) is 0 Å². The number of anilines is 2. The first-order chi connectivity index (χ1) is 12.7. The van der Waals surface area contributed by atoms with Gasteiger partial charge in [0, 0.05) is 38.9 Å². The van der Waals surface area contributed by atoms with E-state index in [1.165, 1.54) is 4.68 Å². The fourth-order valence-electron chi connectivity index (χ4n) is 3.25. The van der Waals surface area contributed by atoms with Gasteiger partial charge in [0.15, 0.2) is 0 Å². The van der Waals surface area contributed by atoms with E-state index in [0.29, 0.717) is 55.7 Å². The molecule has 7 nitrogen and oxygen atoms in total. The van der Waals surface area contributed by atoms with Crippen molar-refractivity contribution in [2.24, 2.45) is 5.92 Å². The second kappa shape index (κ2) is 6.96. The van der Waals surface area contributed by atoms with Crippen LogP contribution in [0.25, 0.3) is 0 Å². The second-order valence-corrected chi connectivity index (χ2v) is 7.11. The molecule has 2 aliphatic rings. The Bertz CT molecular complexity index is 909. The third-order valence-electron chi connectivity index (χ3n) is 4.92. The van der Waals surface area contributed by atoms with Crippen LogP contribution in [0.1, 0.15) is 18.4 Å². The molecule has 2 fully saturated rings. The van der Waals surface area contributed by atoms with Crippen molar-refractivity contribution >= 4 is 23.1 Å². The van der Waals surface area contributed by atoms with E-state index < -0.39 is 0 Å². The van der Waals surface area contributed by atoms with Gasteiger partial charge in [-0.25, -0.2) is 9.67 Å². The number of nitrogens with zero attached hydrogens (tertiary/aromatic N) is 6. The highest BCUT2D eigenvalue weighted by atomic mass is 35.5. The molecule has 4 rings (SSSR count). The zero-order chi connectivity index (χ0) is 18.1. The topological polar surface area (TPSA) is 78.1 Å². The van der Waals surface area contributed by atoms with Crippen LogP contribution >= 0.6 is 11.6 Å². The summed E-state index contributed by atoms with van der Waals surface area (Å²) < 4.78 is 1.48. The molecule has 26 heavy (non-hydrogen) atoms. The summed E-state index contributed by atoms with van der Waals surface area (Å²) >= 11 is 6.35. The van der Waals surface area contributed by atoms with Crippen LogP contribution in [0.4, 0.5) is 11.5 Å². The summed E-state index contributed by atoms with van der Waals surface area (Å²) in [4.78, 5) is 21.0. The molecule has 0 aromatic carbocycles. The molecule has 3 heterocycles. The fraction of sp³-hybridized carbons (Fsp3) is 0.444. The molecule has 1 aliphatic heterocycles. The van der Waals surface area contributed by atoms with Gasteiger partial charge in [-0.15, -0.1) is 0 Å². The predicted octanol–water partition coefficient (Wildman–Crippen LogP) is 1.90. The molecule has 134 valence electrons. The molecule has 0 atom stereocenters. The number of halogens is 1. The molecule has 2 aromatic rings. The maximum atomic E-state index is 12.5.